The Morgan fingerprint density at radius 1 is 1.30 bits per heavy atom. The van der Waals surface area contributed by atoms with Crippen molar-refractivity contribution in [1.29, 1.82) is 0 Å². The van der Waals surface area contributed by atoms with Gasteiger partial charge in [-0.15, -0.1) is 11.8 Å². The van der Waals surface area contributed by atoms with Crippen molar-refractivity contribution in [2.45, 2.75) is 31.7 Å². The maximum atomic E-state index is 13.2. The number of nitrogens with zero attached hydrogens (tertiary/aromatic N) is 1. The number of thioether (sulfide) groups is 1. The highest BCUT2D eigenvalue weighted by Gasteiger charge is 2.29. The highest BCUT2D eigenvalue weighted by atomic mass is 32.2. The molecule has 0 spiro atoms. The molecule has 1 N–H and O–H groups in total. The number of carbonyl (C=O) groups is 2. The zero-order valence-electron chi connectivity index (χ0n) is 13.0. The molecule has 3 rings (SSSR count). The van der Waals surface area contributed by atoms with Crippen LogP contribution < -0.4 is 5.32 Å². The third-order valence-corrected chi connectivity index (χ3v) is 5.52. The number of carbonyl (C=O) groups excluding carboxylic acids is 2. The highest BCUT2D eigenvalue weighted by Crippen LogP contribution is 2.35. The minimum Gasteiger partial charge on any atom is -0.347 e. The zero-order valence-corrected chi connectivity index (χ0v) is 13.8. The molecule has 2 fully saturated rings. The molecular weight excluding hydrogens is 315 g/mol. The average molecular weight is 336 g/mol. The Morgan fingerprint density at radius 3 is 2.61 bits per heavy atom. The van der Waals surface area contributed by atoms with Gasteiger partial charge in [0.15, 0.2) is 0 Å². The summed E-state index contributed by atoms with van der Waals surface area (Å²) in [5.74, 6) is 1.03. The summed E-state index contributed by atoms with van der Waals surface area (Å²) < 4.78 is 13.2. The van der Waals surface area contributed by atoms with E-state index in [4.69, 9.17) is 0 Å². The van der Waals surface area contributed by atoms with Crippen LogP contribution in [0.2, 0.25) is 0 Å². The van der Waals surface area contributed by atoms with Gasteiger partial charge in [0, 0.05) is 0 Å². The highest BCUT2D eigenvalue weighted by molar-refractivity contribution is 8.00. The van der Waals surface area contributed by atoms with Gasteiger partial charge in [0.1, 0.15) is 12.4 Å². The first-order valence-corrected chi connectivity index (χ1v) is 9.19. The molecule has 0 radical (unpaired) electrons. The maximum Gasteiger partial charge on any atom is 0.240 e. The minimum atomic E-state index is -0.273. The summed E-state index contributed by atoms with van der Waals surface area (Å²) in [6, 6.07) is 6.26. The van der Waals surface area contributed by atoms with Crippen LogP contribution in [0, 0.1) is 11.7 Å². The minimum absolute atomic E-state index is 0.0179. The van der Waals surface area contributed by atoms with Crippen LogP contribution in [0.4, 0.5) is 4.39 Å². The fraction of sp³-hybridized carbons (Fsp3) is 0.529. The summed E-state index contributed by atoms with van der Waals surface area (Å²) in [5, 5.41) is 3.08. The Bertz CT molecular complexity index is 572. The molecule has 1 unspecified atom stereocenters. The smallest absolute Gasteiger partial charge is 0.240 e. The third-order valence-electron chi connectivity index (χ3n) is 4.58. The predicted octanol–water partition coefficient (Wildman–Crippen LogP) is 2.71. The van der Waals surface area contributed by atoms with Gasteiger partial charge in [-0.3, -0.25) is 9.59 Å². The van der Waals surface area contributed by atoms with E-state index in [1.165, 1.54) is 36.7 Å². The second kappa shape index (κ2) is 7.34. The molecule has 1 heterocycles. The Balaban J connectivity index is 1.69. The Labute approximate surface area is 139 Å². The average Bonchev–Trinajstić information content (AvgIpc) is 3.19. The Kier molecular flexibility index (Phi) is 5.20. The van der Waals surface area contributed by atoms with Crippen LogP contribution in [-0.4, -0.2) is 34.9 Å². The summed E-state index contributed by atoms with van der Waals surface area (Å²) in [7, 11) is 0. The molecule has 1 saturated heterocycles. The van der Waals surface area contributed by atoms with Gasteiger partial charge in [-0.2, -0.15) is 0 Å². The van der Waals surface area contributed by atoms with E-state index >= 15 is 0 Å². The standard InChI is InChI=1S/C17H21FN2O2S/c18-14-7-5-13(6-8-14)17(12-3-1-2-4-12)19-15(21)9-20-11-23-10-16(20)22/h5-8,12,17H,1-4,9-11H2,(H,19,21). The van der Waals surface area contributed by atoms with Crippen molar-refractivity contribution in [3.05, 3.63) is 35.6 Å². The summed E-state index contributed by atoms with van der Waals surface area (Å²) in [5.41, 5.74) is 0.939. The van der Waals surface area contributed by atoms with E-state index in [0.29, 0.717) is 17.5 Å². The van der Waals surface area contributed by atoms with E-state index in [1.807, 2.05) is 0 Å². The predicted molar refractivity (Wildman–Crippen MR) is 88.3 cm³/mol. The van der Waals surface area contributed by atoms with E-state index in [0.717, 1.165) is 18.4 Å². The van der Waals surface area contributed by atoms with Crippen molar-refractivity contribution in [2.24, 2.45) is 5.92 Å². The van der Waals surface area contributed by atoms with Crippen molar-refractivity contribution < 1.29 is 14.0 Å². The molecule has 6 heteroatoms. The van der Waals surface area contributed by atoms with Crippen molar-refractivity contribution in [2.75, 3.05) is 18.2 Å². The van der Waals surface area contributed by atoms with Gasteiger partial charge in [0.25, 0.3) is 0 Å². The second-order valence-electron chi connectivity index (χ2n) is 6.21. The topological polar surface area (TPSA) is 49.4 Å². The normalized spacial score (nSPS) is 20.0. The number of amides is 2. The van der Waals surface area contributed by atoms with Gasteiger partial charge in [-0.1, -0.05) is 25.0 Å². The SMILES string of the molecule is O=C(CN1CSCC1=O)NC(c1ccc(F)cc1)C1CCCC1. The molecule has 2 amide bonds. The summed E-state index contributed by atoms with van der Waals surface area (Å²) in [4.78, 5) is 25.6. The number of nitrogens with one attached hydrogen (secondary N) is 1. The number of hydrogen-bond donors (Lipinski definition) is 1. The van der Waals surface area contributed by atoms with Crippen LogP contribution in [-0.2, 0) is 9.59 Å². The van der Waals surface area contributed by atoms with Gasteiger partial charge in [-0.05, 0) is 36.5 Å². The number of halogens is 1. The van der Waals surface area contributed by atoms with Gasteiger partial charge < -0.3 is 10.2 Å². The fourth-order valence-corrected chi connectivity index (χ4v) is 4.27. The molecule has 1 saturated carbocycles. The molecule has 0 bridgehead atoms. The molecule has 1 aliphatic carbocycles. The molecule has 4 nitrogen and oxygen atoms in total. The molecule has 2 aliphatic rings. The van der Waals surface area contributed by atoms with Gasteiger partial charge in [0.05, 0.1) is 17.7 Å². The number of benzene rings is 1. The number of hydrogen-bond acceptors (Lipinski definition) is 3. The first kappa shape index (κ1) is 16.3. The van der Waals surface area contributed by atoms with Gasteiger partial charge in [-0.25, -0.2) is 4.39 Å². The van der Waals surface area contributed by atoms with Crippen molar-refractivity contribution in [1.82, 2.24) is 10.2 Å². The van der Waals surface area contributed by atoms with E-state index in [1.54, 1.807) is 17.0 Å². The van der Waals surface area contributed by atoms with E-state index in [-0.39, 0.29) is 30.2 Å². The van der Waals surface area contributed by atoms with Crippen LogP contribution in [0.5, 0.6) is 0 Å². The number of rotatable bonds is 5. The second-order valence-corrected chi connectivity index (χ2v) is 7.17. The monoisotopic (exact) mass is 336 g/mol. The Hall–Kier alpha value is -1.56. The lowest BCUT2D eigenvalue weighted by atomic mass is 9.91. The van der Waals surface area contributed by atoms with Crippen molar-refractivity contribution in [3.63, 3.8) is 0 Å². The Morgan fingerprint density at radius 2 is 2.00 bits per heavy atom. The lowest BCUT2D eigenvalue weighted by molar-refractivity contribution is -0.132. The maximum absolute atomic E-state index is 13.2. The molecular formula is C17H21FN2O2S. The van der Waals surface area contributed by atoms with Crippen molar-refractivity contribution in [3.8, 4) is 0 Å². The van der Waals surface area contributed by atoms with Crippen LogP contribution in [0.15, 0.2) is 24.3 Å². The molecule has 1 atom stereocenters. The molecule has 1 aliphatic heterocycles. The van der Waals surface area contributed by atoms with E-state index < -0.39 is 0 Å². The molecule has 1 aromatic carbocycles. The molecule has 23 heavy (non-hydrogen) atoms. The van der Waals surface area contributed by atoms with Gasteiger partial charge in [0.2, 0.25) is 11.8 Å². The van der Waals surface area contributed by atoms with E-state index in [9.17, 15) is 14.0 Å². The molecule has 1 aromatic rings. The van der Waals surface area contributed by atoms with Crippen LogP contribution in [0.1, 0.15) is 37.3 Å². The fourth-order valence-electron chi connectivity index (χ4n) is 3.37. The first-order valence-electron chi connectivity index (χ1n) is 8.04. The third kappa shape index (κ3) is 4.05. The summed E-state index contributed by atoms with van der Waals surface area (Å²) >= 11 is 1.53. The quantitative estimate of drug-likeness (QED) is 0.899. The largest absolute Gasteiger partial charge is 0.347 e. The summed E-state index contributed by atoms with van der Waals surface area (Å²) in [6.07, 6.45) is 4.47. The summed E-state index contributed by atoms with van der Waals surface area (Å²) in [6.45, 7) is 0.107. The van der Waals surface area contributed by atoms with Crippen LogP contribution >= 0.6 is 11.8 Å². The lowest BCUT2D eigenvalue weighted by Crippen LogP contribution is -2.41. The lowest BCUT2D eigenvalue weighted by Gasteiger charge is -2.26. The van der Waals surface area contributed by atoms with Gasteiger partial charge >= 0.3 is 0 Å². The zero-order chi connectivity index (χ0) is 16.2. The molecule has 124 valence electrons. The van der Waals surface area contributed by atoms with Crippen LogP contribution in [0.25, 0.3) is 0 Å². The first-order chi connectivity index (χ1) is 11.1. The van der Waals surface area contributed by atoms with Crippen LogP contribution in [0.3, 0.4) is 0 Å². The molecule has 0 aromatic heterocycles. The van der Waals surface area contributed by atoms with Crippen molar-refractivity contribution >= 4 is 23.6 Å². The van der Waals surface area contributed by atoms with E-state index in [2.05, 4.69) is 5.32 Å².